The molecule has 0 saturated heterocycles. The van der Waals surface area contributed by atoms with E-state index in [0.717, 1.165) is 30.5 Å². The van der Waals surface area contributed by atoms with Crippen molar-refractivity contribution >= 4 is 11.9 Å². The molecule has 2 heteroatoms. The number of furan rings is 1. The molecule has 0 spiro atoms. The molecule has 1 heterocycles. The third-order valence-corrected chi connectivity index (χ3v) is 3.53. The summed E-state index contributed by atoms with van der Waals surface area (Å²) in [5, 5.41) is 0. The van der Waals surface area contributed by atoms with Crippen LogP contribution in [0, 0.1) is 0 Å². The molecule has 2 aromatic rings. The summed E-state index contributed by atoms with van der Waals surface area (Å²) in [6.45, 7) is 0. The molecule has 19 heavy (non-hydrogen) atoms. The van der Waals surface area contributed by atoms with Gasteiger partial charge in [0.1, 0.15) is 11.5 Å². The molecule has 0 unspecified atom stereocenters. The van der Waals surface area contributed by atoms with Gasteiger partial charge in [-0.25, -0.2) is 0 Å². The summed E-state index contributed by atoms with van der Waals surface area (Å²) in [7, 11) is 0. The van der Waals surface area contributed by atoms with Crippen molar-refractivity contribution in [2.45, 2.75) is 25.7 Å². The maximum atomic E-state index is 11.2. The Morgan fingerprint density at radius 2 is 1.95 bits per heavy atom. The van der Waals surface area contributed by atoms with Crippen molar-refractivity contribution in [1.29, 1.82) is 0 Å². The van der Waals surface area contributed by atoms with Crippen LogP contribution in [-0.4, -0.2) is 6.29 Å². The predicted octanol–water partition coefficient (Wildman–Crippen LogP) is 4.72. The van der Waals surface area contributed by atoms with Gasteiger partial charge in [0.05, 0.1) is 5.56 Å². The van der Waals surface area contributed by atoms with Crippen LogP contribution in [-0.2, 0) is 0 Å². The highest BCUT2D eigenvalue weighted by atomic mass is 16.3. The number of aldehydes is 1. The maximum absolute atomic E-state index is 11.2. The Balaban J connectivity index is 2.04. The predicted molar refractivity (Wildman–Crippen MR) is 76.0 cm³/mol. The van der Waals surface area contributed by atoms with Crippen molar-refractivity contribution < 1.29 is 9.21 Å². The normalized spacial score (nSPS) is 15.1. The molecule has 0 N–H and O–H groups in total. The van der Waals surface area contributed by atoms with Crippen molar-refractivity contribution in [3.63, 3.8) is 0 Å². The van der Waals surface area contributed by atoms with Crippen LogP contribution in [0.2, 0.25) is 0 Å². The molecule has 96 valence electrons. The lowest BCUT2D eigenvalue weighted by molar-refractivity contribution is 0.112. The molecule has 0 atom stereocenters. The number of benzene rings is 1. The van der Waals surface area contributed by atoms with Gasteiger partial charge >= 0.3 is 0 Å². The van der Waals surface area contributed by atoms with Gasteiger partial charge in [-0.3, -0.25) is 4.79 Å². The molecule has 0 radical (unpaired) electrons. The highest BCUT2D eigenvalue weighted by Crippen LogP contribution is 2.33. The average molecular weight is 252 g/mol. The number of hydrogen-bond donors (Lipinski definition) is 0. The Kier molecular flexibility index (Phi) is 3.32. The van der Waals surface area contributed by atoms with Gasteiger partial charge in [-0.2, -0.15) is 0 Å². The van der Waals surface area contributed by atoms with Crippen molar-refractivity contribution in [2.75, 3.05) is 0 Å². The molecule has 1 aromatic carbocycles. The molecule has 0 saturated carbocycles. The second kappa shape index (κ2) is 5.27. The van der Waals surface area contributed by atoms with Gasteiger partial charge in [-0.1, -0.05) is 36.4 Å². The van der Waals surface area contributed by atoms with Crippen LogP contribution in [0.4, 0.5) is 0 Å². The first kappa shape index (κ1) is 12.0. The topological polar surface area (TPSA) is 30.2 Å². The summed E-state index contributed by atoms with van der Waals surface area (Å²) in [5.41, 5.74) is 2.82. The number of hydrogen-bond acceptors (Lipinski definition) is 2. The summed E-state index contributed by atoms with van der Waals surface area (Å²) in [4.78, 5) is 11.2. The molecule has 1 aliphatic carbocycles. The second-order valence-electron chi connectivity index (χ2n) is 4.85. The largest absolute Gasteiger partial charge is 0.456 e. The molecule has 0 bridgehead atoms. The first-order valence-corrected chi connectivity index (χ1v) is 6.72. The Labute approximate surface area is 112 Å². The van der Waals surface area contributed by atoms with Gasteiger partial charge in [-0.05, 0) is 37.3 Å². The Bertz CT molecular complexity index is 605. The molecule has 0 amide bonds. The Morgan fingerprint density at radius 1 is 1.11 bits per heavy atom. The monoisotopic (exact) mass is 252 g/mol. The first-order chi connectivity index (χ1) is 9.38. The average Bonchev–Trinajstić information content (AvgIpc) is 2.93. The second-order valence-corrected chi connectivity index (χ2v) is 4.85. The third kappa shape index (κ3) is 2.39. The zero-order valence-corrected chi connectivity index (χ0v) is 10.8. The van der Waals surface area contributed by atoms with Crippen LogP contribution in [0.3, 0.4) is 0 Å². The zero-order chi connectivity index (χ0) is 13.1. The van der Waals surface area contributed by atoms with Gasteiger partial charge in [0.2, 0.25) is 0 Å². The first-order valence-electron chi connectivity index (χ1n) is 6.72. The summed E-state index contributed by atoms with van der Waals surface area (Å²) in [6.07, 6.45) is 7.69. The lowest BCUT2D eigenvalue weighted by atomic mass is 9.97. The van der Waals surface area contributed by atoms with Crippen LogP contribution in [0.1, 0.15) is 41.8 Å². The Hall–Kier alpha value is -2.09. The van der Waals surface area contributed by atoms with E-state index < -0.39 is 0 Å². The van der Waals surface area contributed by atoms with E-state index in [1.54, 1.807) is 0 Å². The van der Waals surface area contributed by atoms with E-state index in [1.807, 2.05) is 36.4 Å². The molecule has 0 aliphatic heterocycles. The van der Waals surface area contributed by atoms with Gasteiger partial charge in [0, 0.05) is 5.56 Å². The van der Waals surface area contributed by atoms with E-state index >= 15 is 0 Å². The van der Waals surface area contributed by atoms with Crippen LogP contribution in [0.5, 0.6) is 0 Å². The van der Waals surface area contributed by atoms with Crippen LogP contribution in [0.15, 0.2) is 46.9 Å². The van der Waals surface area contributed by atoms with Gasteiger partial charge in [-0.15, -0.1) is 0 Å². The molecule has 2 nitrogen and oxygen atoms in total. The summed E-state index contributed by atoms with van der Waals surface area (Å²) in [5.74, 6) is 1.53. The van der Waals surface area contributed by atoms with Gasteiger partial charge in [0.25, 0.3) is 0 Å². The summed E-state index contributed by atoms with van der Waals surface area (Å²) >= 11 is 0. The van der Waals surface area contributed by atoms with E-state index in [-0.39, 0.29) is 0 Å². The molecule has 1 aromatic heterocycles. The number of carbonyl (C=O) groups is 1. The molecule has 3 rings (SSSR count). The van der Waals surface area contributed by atoms with E-state index in [4.69, 9.17) is 4.42 Å². The quantitative estimate of drug-likeness (QED) is 0.740. The Morgan fingerprint density at radius 3 is 2.63 bits per heavy atom. The van der Waals surface area contributed by atoms with E-state index in [1.165, 1.54) is 18.4 Å². The fourth-order valence-electron chi connectivity index (χ4n) is 2.53. The van der Waals surface area contributed by atoms with Gasteiger partial charge in [0.15, 0.2) is 6.29 Å². The number of carbonyl (C=O) groups excluding carboxylic acids is 1. The molecular formula is C17H16O2. The molecule has 1 aliphatic rings. The minimum absolute atomic E-state index is 0.632. The number of rotatable bonds is 3. The highest BCUT2D eigenvalue weighted by molar-refractivity contribution is 5.87. The van der Waals surface area contributed by atoms with Crippen molar-refractivity contribution in [3.05, 3.63) is 53.8 Å². The molecule has 0 fully saturated rings. The van der Waals surface area contributed by atoms with Crippen molar-refractivity contribution in [3.8, 4) is 11.3 Å². The zero-order valence-electron chi connectivity index (χ0n) is 10.8. The lowest BCUT2D eigenvalue weighted by Crippen LogP contribution is -1.89. The molecular weight excluding hydrogens is 236 g/mol. The summed E-state index contributed by atoms with van der Waals surface area (Å²) in [6, 6.07) is 11.7. The maximum Gasteiger partial charge on any atom is 0.153 e. The minimum Gasteiger partial charge on any atom is -0.456 e. The fraction of sp³-hybridized carbons (Fsp3) is 0.235. The van der Waals surface area contributed by atoms with Crippen molar-refractivity contribution in [2.24, 2.45) is 0 Å². The smallest absolute Gasteiger partial charge is 0.153 e. The number of allylic oxidation sites excluding steroid dienone is 2. The summed E-state index contributed by atoms with van der Waals surface area (Å²) < 4.78 is 5.93. The SMILES string of the molecule is O=Cc1cc(C2=CCCCC2)oc1-c1ccccc1. The van der Waals surface area contributed by atoms with Crippen LogP contribution < -0.4 is 0 Å². The highest BCUT2D eigenvalue weighted by Gasteiger charge is 2.16. The van der Waals surface area contributed by atoms with Crippen LogP contribution in [0.25, 0.3) is 16.9 Å². The fourth-order valence-corrected chi connectivity index (χ4v) is 2.53. The lowest BCUT2D eigenvalue weighted by Gasteiger charge is -2.09. The van der Waals surface area contributed by atoms with E-state index in [2.05, 4.69) is 6.08 Å². The minimum atomic E-state index is 0.632. The van der Waals surface area contributed by atoms with Crippen LogP contribution >= 0.6 is 0 Å². The van der Waals surface area contributed by atoms with E-state index in [9.17, 15) is 4.79 Å². The van der Waals surface area contributed by atoms with E-state index in [0.29, 0.717) is 11.3 Å². The van der Waals surface area contributed by atoms with Gasteiger partial charge < -0.3 is 4.42 Å². The third-order valence-electron chi connectivity index (χ3n) is 3.53. The van der Waals surface area contributed by atoms with Crippen molar-refractivity contribution in [1.82, 2.24) is 0 Å². The standard InChI is InChI=1S/C17H16O2/c18-12-15-11-16(13-7-3-1-4-8-13)19-17(15)14-9-5-2-6-10-14/h2,5-7,9-12H,1,3-4,8H2.